The third-order valence-electron chi connectivity index (χ3n) is 3.27. The van der Waals surface area contributed by atoms with Crippen LogP contribution in [0.25, 0.3) is 0 Å². The van der Waals surface area contributed by atoms with E-state index in [1.807, 2.05) is 20.8 Å². The van der Waals surface area contributed by atoms with Crippen molar-refractivity contribution in [1.82, 2.24) is 9.80 Å². The summed E-state index contributed by atoms with van der Waals surface area (Å²) in [6.45, 7) is 12.2. The van der Waals surface area contributed by atoms with Crippen molar-refractivity contribution in [3.8, 4) is 0 Å². The summed E-state index contributed by atoms with van der Waals surface area (Å²) < 4.78 is 0. The number of aliphatic hydroxyl groups is 2. The number of piperazine rings is 1. The lowest BCUT2D eigenvalue weighted by Gasteiger charge is -2.43. The molecule has 0 aromatic carbocycles. The van der Waals surface area contributed by atoms with Gasteiger partial charge in [0.1, 0.15) is 0 Å². The van der Waals surface area contributed by atoms with Crippen LogP contribution in [0.4, 0.5) is 0 Å². The van der Waals surface area contributed by atoms with Crippen LogP contribution >= 0.6 is 0 Å². The fourth-order valence-electron chi connectivity index (χ4n) is 2.62. The largest absolute Gasteiger partial charge is 0.392 e. The molecule has 1 aliphatic heterocycles. The average molecular weight is 244 g/mol. The van der Waals surface area contributed by atoms with E-state index >= 15 is 0 Å². The van der Waals surface area contributed by atoms with Gasteiger partial charge < -0.3 is 10.2 Å². The van der Waals surface area contributed by atoms with E-state index in [-0.39, 0.29) is 6.10 Å². The molecular formula is C13H28N2O2. The average Bonchev–Trinajstić information content (AvgIpc) is 2.17. The summed E-state index contributed by atoms with van der Waals surface area (Å²) in [6.07, 6.45) is 0.833. The predicted molar refractivity (Wildman–Crippen MR) is 70.1 cm³/mol. The van der Waals surface area contributed by atoms with Gasteiger partial charge in [-0.15, -0.1) is 0 Å². The smallest absolute Gasteiger partial charge is 0.0718 e. The van der Waals surface area contributed by atoms with Crippen molar-refractivity contribution in [2.75, 3.05) is 32.7 Å². The number of rotatable bonds is 5. The van der Waals surface area contributed by atoms with E-state index in [0.29, 0.717) is 6.04 Å². The van der Waals surface area contributed by atoms with Gasteiger partial charge in [-0.2, -0.15) is 0 Å². The van der Waals surface area contributed by atoms with E-state index in [9.17, 15) is 10.2 Å². The van der Waals surface area contributed by atoms with Crippen molar-refractivity contribution < 1.29 is 10.2 Å². The SMILES string of the molecule is CC[C@@H]1CN(CC(C)(C)O)CCN1C[C@@H](C)O. The van der Waals surface area contributed by atoms with Crippen molar-refractivity contribution in [2.45, 2.75) is 51.9 Å². The standard InChI is InChI=1S/C13H28N2O2/c1-5-12-9-14(10-13(3,4)17)6-7-15(12)8-11(2)16/h11-12,16-17H,5-10H2,1-4H3/t11-,12-/m1/s1. The highest BCUT2D eigenvalue weighted by molar-refractivity contribution is 4.84. The van der Waals surface area contributed by atoms with Gasteiger partial charge in [0, 0.05) is 38.8 Å². The van der Waals surface area contributed by atoms with Gasteiger partial charge in [-0.3, -0.25) is 9.80 Å². The summed E-state index contributed by atoms with van der Waals surface area (Å²) >= 11 is 0. The summed E-state index contributed by atoms with van der Waals surface area (Å²) in [5.74, 6) is 0. The van der Waals surface area contributed by atoms with Gasteiger partial charge in [0.2, 0.25) is 0 Å². The van der Waals surface area contributed by atoms with Crippen LogP contribution in [0.2, 0.25) is 0 Å². The fourth-order valence-corrected chi connectivity index (χ4v) is 2.62. The Morgan fingerprint density at radius 1 is 1.35 bits per heavy atom. The molecule has 0 aromatic rings. The lowest BCUT2D eigenvalue weighted by Crippen LogP contribution is -2.56. The second-order valence-corrected chi connectivity index (χ2v) is 5.95. The van der Waals surface area contributed by atoms with Crippen LogP contribution in [-0.2, 0) is 0 Å². The molecule has 1 heterocycles. The Kier molecular flexibility index (Phi) is 5.38. The number of hydrogen-bond donors (Lipinski definition) is 2. The molecular weight excluding hydrogens is 216 g/mol. The minimum atomic E-state index is -0.620. The summed E-state index contributed by atoms with van der Waals surface area (Å²) in [7, 11) is 0. The maximum absolute atomic E-state index is 9.84. The predicted octanol–water partition coefficient (Wildman–Crippen LogP) is 0.534. The quantitative estimate of drug-likeness (QED) is 0.741. The minimum Gasteiger partial charge on any atom is -0.392 e. The van der Waals surface area contributed by atoms with Gasteiger partial charge >= 0.3 is 0 Å². The van der Waals surface area contributed by atoms with Gasteiger partial charge in [0.05, 0.1) is 11.7 Å². The lowest BCUT2D eigenvalue weighted by atomic mass is 10.1. The van der Waals surface area contributed by atoms with E-state index in [1.54, 1.807) is 0 Å². The zero-order valence-corrected chi connectivity index (χ0v) is 11.7. The third-order valence-corrected chi connectivity index (χ3v) is 3.27. The number of hydrogen-bond acceptors (Lipinski definition) is 4. The fraction of sp³-hybridized carbons (Fsp3) is 1.00. The van der Waals surface area contributed by atoms with E-state index in [2.05, 4.69) is 16.7 Å². The Labute approximate surface area is 105 Å². The molecule has 0 aromatic heterocycles. The highest BCUT2D eigenvalue weighted by Gasteiger charge is 2.28. The van der Waals surface area contributed by atoms with Crippen LogP contribution in [0.3, 0.4) is 0 Å². The first-order valence-electron chi connectivity index (χ1n) is 6.68. The molecule has 1 saturated heterocycles. The van der Waals surface area contributed by atoms with Crippen molar-refractivity contribution in [3.63, 3.8) is 0 Å². The Balaban J connectivity index is 2.48. The monoisotopic (exact) mass is 244 g/mol. The van der Waals surface area contributed by atoms with Crippen molar-refractivity contribution in [1.29, 1.82) is 0 Å². The van der Waals surface area contributed by atoms with Crippen LogP contribution in [0.1, 0.15) is 34.1 Å². The molecule has 0 radical (unpaired) electrons. The van der Waals surface area contributed by atoms with Crippen molar-refractivity contribution in [3.05, 3.63) is 0 Å². The number of aliphatic hydroxyl groups excluding tert-OH is 1. The van der Waals surface area contributed by atoms with Gasteiger partial charge in [0.15, 0.2) is 0 Å². The highest BCUT2D eigenvalue weighted by Crippen LogP contribution is 2.15. The molecule has 4 nitrogen and oxygen atoms in total. The molecule has 4 heteroatoms. The summed E-state index contributed by atoms with van der Waals surface area (Å²) in [4.78, 5) is 4.69. The zero-order valence-electron chi connectivity index (χ0n) is 11.7. The maximum atomic E-state index is 9.84. The Morgan fingerprint density at radius 2 is 2.00 bits per heavy atom. The number of β-amino-alcohol motifs (C(OH)–C–C–N with tert-alkyl or cyclic N) is 2. The zero-order chi connectivity index (χ0) is 13.1. The second kappa shape index (κ2) is 6.14. The molecule has 2 atom stereocenters. The van der Waals surface area contributed by atoms with Crippen molar-refractivity contribution >= 4 is 0 Å². The first kappa shape index (κ1) is 14.9. The molecule has 0 saturated carbocycles. The molecule has 0 bridgehead atoms. The minimum absolute atomic E-state index is 0.259. The summed E-state index contributed by atoms with van der Waals surface area (Å²) in [5, 5.41) is 19.3. The topological polar surface area (TPSA) is 46.9 Å². The van der Waals surface area contributed by atoms with Crippen LogP contribution < -0.4 is 0 Å². The van der Waals surface area contributed by atoms with E-state index in [0.717, 1.165) is 39.1 Å². The molecule has 0 aliphatic carbocycles. The van der Waals surface area contributed by atoms with Gasteiger partial charge in [-0.1, -0.05) is 6.92 Å². The van der Waals surface area contributed by atoms with Crippen LogP contribution in [0.5, 0.6) is 0 Å². The summed E-state index contributed by atoms with van der Waals surface area (Å²) in [5.41, 5.74) is -0.620. The first-order chi connectivity index (χ1) is 7.81. The molecule has 102 valence electrons. The van der Waals surface area contributed by atoms with Crippen LogP contribution in [-0.4, -0.2) is 70.5 Å². The molecule has 0 unspecified atom stereocenters. The molecule has 2 N–H and O–H groups in total. The lowest BCUT2D eigenvalue weighted by molar-refractivity contribution is -0.00992. The Hall–Kier alpha value is -0.160. The third kappa shape index (κ3) is 5.34. The molecule has 1 fully saturated rings. The van der Waals surface area contributed by atoms with Gasteiger partial charge in [-0.05, 0) is 27.2 Å². The van der Waals surface area contributed by atoms with Crippen LogP contribution in [0.15, 0.2) is 0 Å². The van der Waals surface area contributed by atoms with E-state index in [1.165, 1.54) is 0 Å². The normalized spacial score (nSPS) is 26.1. The van der Waals surface area contributed by atoms with E-state index < -0.39 is 5.60 Å². The van der Waals surface area contributed by atoms with Crippen molar-refractivity contribution in [2.24, 2.45) is 0 Å². The molecule has 0 spiro atoms. The Bertz CT molecular complexity index is 226. The highest BCUT2D eigenvalue weighted by atomic mass is 16.3. The molecule has 0 amide bonds. The maximum Gasteiger partial charge on any atom is 0.0718 e. The molecule has 1 rings (SSSR count). The Morgan fingerprint density at radius 3 is 2.47 bits per heavy atom. The van der Waals surface area contributed by atoms with Gasteiger partial charge in [-0.25, -0.2) is 0 Å². The number of nitrogens with zero attached hydrogens (tertiary/aromatic N) is 2. The van der Waals surface area contributed by atoms with E-state index in [4.69, 9.17) is 0 Å². The molecule has 1 aliphatic rings. The van der Waals surface area contributed by atoms with Crippen LogP contribution in [0, 0.1) is 0 Å². The second-order valence-electron chi connectivity index (χ2n) is 5.95. The first-order valence-corrected chi connectivity index (χ1v) is 6.68. The summed E-state index contributed by atoms with van der Waals surface area (Å²) in [6, 6.07) is 0.501. The van der Waals surface area contributed by atoms with Gasteiger partial charge in [0.25, 0.3) is 0 Å². The molecule has 17 heavy (non-hydrogen) atoms.